The van der Waals surface area contributed by atoms with Gasteiger partial charge in [0.2, 0.25) is 0 Å². The summed E-state index contributed by atoms with van der Waals surface area (Å²) in [6, 6.07) is 7.13. The molecule has 0 amide bonds. The summed E-state index contributed by atoms with van der Waals surface area (Å²) in [5.41, 5.74) is 1.51. The van der Waals surface area contributed by atoms with Crippen molar-refractivity contribution < 1.29 is 9.63 Å². The van der Waals surface area contributed by atoms with Gasteiger partial charge in [-0.05, 0) is 24.6 Å². The van der Waals surface area contributed by atoms with Crippen LogP contribution in [0.3, 0.4) is 0 Å². The summed E-state index contributed by atoms with van der Waals surface area (Å²) >= 11 is 5.72. The van der Waals surface area contributed by atoms with Crippen LogP contribution in [0.5, 0.6) is 0 Å². The van der Waals surface area contributed by atoms with Gasteiger partial charge in [-0.1, -0.05) is 28.9 Å². The number of oxime groups is 1. The van der Waals surface area contributed by atoms with Gasteiger partial charge in [-0.2, -0.15) is 0 Å². The van der Waals surface area contributed by atoms with Gasteiger partial charge in [0, 0.05) is 11.9 Å². The predicted octanol–water partition coefficient (Wildman–Crippen LogP) is 2.63. The molecule has 0 aliphatic heterocycles. The van der Waals surface area contributed by atoms with Crippen molar-refractivity contribution in [2.75, 3.05) is 0 Å². The van der Waals surface area contributed by atoms with Gasteiger partial charge in [-0.3, -0.25) is 0 Å². The van der Waals surface area contributed by atoms with Crippen LogP contribution in [0.4, 0.5) is 0 Å². The molecule has 1 aromatic carbocycles. The Morgan fingerprint density at radius 2 is 1.86 bits per heavy atom. The minimum atomic E-state index is -0.432. The quantitative estimate of drug-likeness (QED) is 0.429. The van der Waals surface area contributed by atoms with E-state index in [2.05, 4.69) is 9.99 Å². The molecule has 0 bridgehead atoms. The van der Waals surface area contributed by atoms with Crippen molar-refractivity contribution in [3.05, 3.63) is 34.9 Å². The van der Waals surface area contributed by atoms with Crippen molar-refractivity contribution in [2.45, 2.75) is 13.8 Å². The molecule has 0 saturated heterocycles. The summed E-state index contributed by atoms with van der Waals surface area (Å²) in [4.78, 5) is 15.0. The molecule has 1 rings (SSSR count). The number of rotatable bonds is 2. The Morgan fingerprint density at radius 1 is 1.29 bits per heavy atom. The van der Waals surface area contributed by atoms with Crippen LogP contribution < -0.4 is 0 Å². The third kappa shape index (κ3) is 3.18. The predicted molar refractivity (Wildman–Crippen MR) is 55.4 cm³/mol. The molecule has 1 aromatic rings. The van der Waals surface area contributed by atoms with E-state index in [1.807, 2.05) is 12.1 Å². The van der Waals surface area contributed by atoms with Gasteiger partial charge >= 0.3 is 5.97 Å². The summed E-state index contributed by atoms with van der Waals surface area (Å²) in [6.07, 6.45) is 0. The lowest BCUT2D eigenvalue weighted by molar-refractivity contribution is -0.140. The molecular weight excluding hydrogens is 202 g/mol. The fraction of sp³-hybridized carbons (Fsp3) is 0.200. The number of hydrogen-bond donors (Lipinski definition) is 0. The number of carbonyl (C=O) groups excluding carboxylic acids is 1. The van der Waals surface area contributed by atoms with E-state index in [0.717, 1.165) is 5.56 Å². The molecule has 0 aliphatic rings. The van der Waals surface area contributed by atoms with Crippen molar-refractivity contribution in [3.8, 4) is 0 Å². The summed E-state index contributed by atoms with van der Waals surface area (Å²) in [7, 11) is 0. The van der Waals surface area contributed by atoms with E-state index in [-0.39, 0.29) is 0 Å². The van der Waals surface area contributed by atoms with Crippen molar-refractivity contribution in [2.24, 2.45) is 5.16 Å². The molecule has 0 fully saturated rings. The SMILES string of the molecule is CC(=O)O/N=C(\C)c1ccc(Cl)cc1. The summed E-state index contributed by atoms with van der Waals surface area (Å²) in [5, 5.41) is 4.31. The van der Waals surface area contributed by atoms with Gasteiger partial charge in [-0.25, -0.2) is 4.79 Å². The number of carbonyl (C=O) groups is 1. The maximum atomic E-state index is 10.5. The molecule has 14 heavy (non-hydrogen) atoms. The zero-order chi connectivity index (χ0) is 10.6. The third-order valence-corrected chi connectivity index (χ3v) is 1.83. The second-order valence-corrected chi connectivity index (χ2v) is 3.20. The Labute approximate surface area is 87.3 Å². The topological polar surface area (TPSA) is 38.7 Å². The standard InChI is InChI=1S/C10H10ClNO2/c1-7(12-14-8(2)13)9-3-5-10(11)6-4-9/h3-6H,1-2H3/b12-7+. The highest BCUT2D eigenvalue weighted by molar-refractivity contribution is 6.30. The van der Waals surface area contributed by atoms with E-state index in [1.54, 1.807) is 19.1 Å². The lowest BCUT2D eigenvalue weighted by atomic mass is 10.1. The second-order valence-electron chi connectivity index (χ2n) is 2.77. The molecular formula is C10H10ClNO2. The smallest absolute Gasteiger partial charge is 0.318 e. The molecule has 0 saturated carbocycles. The molecule has 74 valence electrons. The Bertz CT molecular complexity index is 357. The zero-order valence-electron chi connectivity index (χ0n) is 7.95. The van der Waals surface area contributed by atoms with E-state index in [9.17, 15) is 4.79 Å². The first-order valence-electron chi connectivity index (χ1n) is 4.07. The highest BCUT2D eigenvalue weighted by Crippen LogP contribution is 2.10. The summed E-state index contributed by atoms with van der Waals surface area (Å²) in [5.74, 6) is -0.432. The first kappa shape index (κ1) is 10.7. The molecule has 3 nitrogen and oxygen atoms in total. The molecule has 0 atom stereocenters. The van der Waals surface area contributed by atoms with E-state index in [0.29, 0.717) is 10.7 Å². The van der Waals surface area contributed by atoms with Crippen LogP contribution in [0, 0.1) is 0 Å². The highest BCUT2D eigenvalue weighted by Gasteiger charge is 1.98. The Kier molecular flexibility index (Phi) is 3.65. The van der Waals surface area contributed by atoms with Crippen molar-refractivity contribution in [1.29, 1.82) is 0 Å². The molecule has 0 radical (unpaired) electrons. The monoisotopic (exact) mass is 211 g/mol. The largest absolute Gasteiger partial charge is 0.331 e. The van der Waals surface area contributed by atoms with E-state index in [4.69, 9.17) is 11.6 Å². The number of hydrogen-bond acceptors (Lipinski definition) is 3. The van der Waals surface area contributed by atoms with Crippen LogP contribution in [0.15, 0.2) is 29.4 Å². The molecule has 0 spiro atoms. The maximum Gasteiger partial charge on any atom is 0.331 e. The highest BCUT2D eigenvalue weighted by atomic mass is 35.5. The van der Waals surface area contributed by atoms with Gasteiger partial charge in [0.25, 0.3) is 0 Å². The van der Waals surface area contributed by atoms with Gasteiger partial charge < -0.3 is 4.84 Å². The van der Waals surface area contributed by atoms with Crippen LogP contribution in [0.25, 0.3) is 0 Å². The average Bonchev–Trinajstić information content (AvgIpc) is 2.15. The lowest BCUT2D eigenvalue weighted by Crippen LogP contribution is -1.98. The molecule has 0 aromatic heterocycles. The average molecular weight is 212 g/mol. The molecule has 4 heteroatoms. The first-order valence-corrected chi connectivity index (χ1v) is 4.45. The van der Waals surface area contributed by atoms with Crippen molar-refractivity contribution >= 4 is 23.3 Å². The molecule has 0 unspecified atom stereocenters. The van der Waals surface area contributed by atoms with E-state index >= 15 is 0 Å². The van der Waals surface area contributed by atoms with Gasteiger partial charge in [-0.15, -0.1) is 0 Å². The van der Waals surface area contributed by atoms with E-state index < -0.39 is 5.97 Å². The lowest BCUT2D eigenvalue weighted by Gasteiger charge is -1.99. The summed E-state index contributed by atoms with van der Waals surface area (Å²) in [6.45, 7) is 3.06. The van der Waals surface area contributed by atoms with Crippen LogP contribution in [-0.2, 0) is 9.63 Å². The first-order chi connectivity index (χ1) is 6.59. The fourth-order valence-corrected chi connectivity index (χ4v) is 1.00. The van der Waals surface area contributed by atoms with Gasteiger partial charge in [0.15, 0.2) is 0 Å². The molecule has 0 aliphatic carbocycles. The van der Waals surface area contributed by atoms with Crippen LogP contribution >= 0.6 is 11.6 Å². The fourth-order valence-electron chi connectivity index (χ4n) is 0.877. The van der Waals surface area contributed by atoms with Crippen LogP contribution in [0.1, 0.15) is 19.4 Å². The third-order valence-electron chi connectivity index (χ3n) is 1.57. The Hall–Kier alpha value is -1.35. The Morgan fingerprint density at radius 3 is 2.36 bits per heavy atom. The zero-order valence-corrected chi connectivity index (χ0v) is 8.71. The Balaban J connectivity index is 2.78. The number of benzene rings is 1. The number of halogens is 1. The minimum Gasteiger partial charge on any atom is -0.318 e. The van der Waals surface area contributed by atoms with E-state index in [1.165, 1.54) is 6.92 Å². The van der Waals surface area contributed by atoms with Gasteiger partial charge in [0.05, 0.1) is 5.71 Å². The van der Waals surface area contributed by atoms with Crippen LogP contribution in [0.2, 0.25) is 5.02 Å². The van der Waals surface area contributed by atoms with Gasteiger partial charge in [0.1, 0.15) is 0 Å². The maximum absolute atomic E-state index is 10.5. The normalized spacial score (nSPS) is 11.2. The number of nitrogens with zero attached hydrogens (tertiary/aromatic N) is 1. The molecule has 0 heterocycles. The van der Waals surface area contributed by atoms with Crippen molar-refractivity contribution in [1.82, 2.24) is 0 Å². The second kappa shape index (κ2) is 4.77. The van der Waals surface area contributed by atoms with Crippen molar-refractivity contribution in [3.63, 3.8) is 0 Å². The summed E-state index contributed by atoms with van der Waals surface area (Å²) < 4.78 is 0. The van der Waals surface area contributed by atoms with Crippen LogP contribution in [-0.4, -0.2) is 11.7 Å². The molecule has 0 N–H and O–H groups in total. The minimum absolute atomic E-state index is 0.432.